The van der Waals surface area contributed by atoms with Gasteiger partial charge in [0, 0.05) is 6.42 Å². The van der Waals surface area contributed by atoms with Crippen LogP contribution in [-0.2, 0) is 9.47 Å². The Morgan fingerprint density at radius 1 is 0.433 bits per heavy atom. The Morgan fingerprint density at radius 2 is 0.700 bits per heavy atom. The van der Waals surface area contributed by atoms with Crippen LogP contribution in [0.5, 0.6) is 0 Å². The van der Waals surface area contributed by atoms with E-state index in [0.29, 0.717) is 6.42 Å². The molecular formula is C27H57NO2. The van der Waals surface area contributed by atoms with Crippen molar-refractivity contribution in [2.75, 3.05) is 13.2 Å². The largest absolute Gasteiger partial charge is 0.338 e. The summed E-state index contributed by atoms with van der Waals surface area (Å²) in [7, 11) is 0. The minimum absolute atomic E-state index is 0.711. The standard InChI is InChI=1S/C27H57NO2/c1-4-7-9-11-13-15-17-19-21-23-25-29-27(28,6-3)30-26-24-22-20-18-16-14-12-10-8-5-2/h4-26,28H2,1-3H3. The van der Waals surface area contributed by atoms with E-state index >= 15 is 0 Å². The summed E-state index contributed by atoms with van der Waals surface area (Å²) in [5.74, 6) is -0.876. The van der Waals surface area contributed by atoms with E-state index in [9.17, 15) is 0 Å². The molecule has 30 heavy (non-hydrogen) atoms. The molecule has 0 spiro atoms. The molecule has 0 amide bonds. The molecule has 0 aromatic heterocycles. The van der Waals surface area contributed by atoms with Crippen LogP contribution >= 0.6 is 0 Å². The number of hydrogen-bond donors (Lipinski definition) is 1. The first-order valence-corrected chi connectivity index (χ1v) is 13.7. The second-order valence-electron chi connectivity index (χ2n) is 9.23. The Bertz CT molecular complexity index is 296. The smallest absolute Gasteiger partial charge is 0.224 e. The van der Waals surface area contributed by atoms with Gasteiger partial charge in [-0.15, -0.1) is 0 Å². The predicted molar refractivity (Wildman–Crippen MR) is 133 cm³/mol. The van der Waals surface area contributed by atoms with E-state index < -0.39 is 5.91 Å². The molecule has 0 aromatic carbocycles. The summed E-state index contributed by atoms with van der Waals surface area (Å²) in [5, 5.41) is 0. The monoisotopic (exact) mass is 427 g/mol. The summed E-state index contributed by atoms with van der Waals surface area (Å²) >= 11 is 0. The number of hydrogen-bond acceptors (Lipinski definition) is 3. The molecule has 0 heterocycles. The van der Waals surface area contributed by atoms with Gasteiger partial charge < -0.3 is 9.47 Å². The van der Waals surface area contributed by atoms with Gasteiger partial charge in [-0.2, -0.15) is 0 Å². The summed E-state index contributed by atoms with van der Waals surface area (Å²) in [6.45, 7) is 8.05. The van der Waals surface area contributed by atoms with Crippen molar-refractivity contribution < 1.29 is 9.47 Å². The van der Waals surface area contributed by atoms with Crippen molar-refractivity contribution in [1.29, 1.82) is 0 Å². The van der Waals surface area contributed by atoms with Crippen LogP contribution in [0.4, 0.5) is 0 Å². The van der Waals surface area contributed by atoms with Crippen LogP contribution in [0.15, 0.2) is 0 Å². The Labute approximate surface area is 190 Å². The molecule has 0 saturated heterocycles. The van der Waals surface area contributed by atoms with Gasteiger partial charge in [-0.3, -0.25) is 5.73 Å². The van der Waals surface area contributed by atoms with Crippen LogP contribution in [0.3, 0.4) is 0 Å². The molecule has 0 aliphatic carbocycles. The van der Waals surface area contributed by atoms with Gasteiger partial charge in [0.05, 0.1) is 13.2 Å². The van der Waals surface area contributed by atoms with E-state index in [4.69, 9.17) is 15.2 Å². The Morgan fingerprint density at radius 3 is 0.967 bits per heavy atom. The fourth-order valence-electron chi connectivity index (χ4n) is 3.91. The van der Waals surface area contributed by atoms with Crippen molar-refractivity contribution in [2.45, 2.75) is 162 Å². The van der Waals surface area contributed by atoms with Gasteiger partial charge in [-0.05, 0) is 12.8 Å². The topological polar surface area (TPSA) is 44.5 Å². The zero-order valence-corrected chi connectivity index (χ0v) is 21.2. The second-order valence-corrected chi connectivity index (χ2v) is 9.23. The van der Waals surface area contributed by atoms with Crippen molar-refractivity contribution in [2.24, 2.45) is 5.73 Å². The van der Waals surface area contributed by atoms with Crippen LogP contribution < -0.4 is 5.73 Å². The average Bonchev–Trinajstić information content (AvgIpc) is 2.76. The molecule has 2 N–H and O–H groups in total. The molecule has 182 valence electrons. The lowest BCUT2D eigenvalue weighted by Gasteiger charge is -2.28. The SMILES string of the molecule is CCCCCCCCCCCCOC(N)(CC)OCCCCCCCCCCCC. The van der Waals surface area contributed by atoms with E-state index in [0.717, 1.165) is 26.1 Å². The molecule has 3 nitrogen and oxygen atoms in total. The van der Waals surface area contributed by atoms with Gasteiger partial charge in [0.2, 0.25) is 5.91 Å². The van der Waals surface area contributed by atoms with Crippen molar-refractivity contribution in [3.63, 3.8) is 0 Å². The van der Waals surface area contributed by atoms with E-state index in [-0.39, 0.29) is 0 Å². The number of nitrogens with two attached hydrogens (primary N) is 1. The highest BCUT2D eigenvalue weighted by atomic mass is 16.7. The third-order valence-corrected chi connectivity index (χ3v) is 6.18. The van der Waals surface area contributed by atoms with Gasteiger partial charge >= 0.3 is 0 Å². The van der Waals surface area contributed by atoms with Gasteiger partial charge in [0.15, 0.2) is 0 Å². The van der Waals surface area contributed by atoms with Crippen LogP contribution in [0, 0.1) is 0 Å². The van der Waals surface area contributed by atoms with Crippen molar-refractivity contribution >= 4 is 0 Å². The molecule has 0 saturated carbocycles. The van der Waals surface area contributed by atoms with Crippen molar-refractivity contribution in [3.05, 3.63) is 0 Å². The van der Waals surface area contributed by atoms with Crippen LogP contribution in [0.25, 0.3) is 0 Å². The summed E-state index contributed by atoms with van der Waals surface area (Å²) in [6, 6.07) is 0. The first kappa shape index (κ1) is 29.9. The maximum atomic E-state index is 6.29. The highest BCUT2D eigenvalue weighted by molar-refractivity contribution is 4.59. The normalized spacial score (nSPS) is 12.0. The Kier molecular flexibility index (Phi) is 23.4. The third-order valence-electron chi connectivity index (χ3n) is 6.18. The van der Waals surface area contributed by atoms with Crippen LogP contribution in [0.2, 0.25) is 0 Å². The number of unbranched alkanes of at least 4 members (excludes halogenated alkanes) is 18. The molecule has 3 heteroatoms. The first-order chi connectivity index (χ1) is 14.7. The van der Waals surface area contributed by atoms with Gasteiger partial charge in [-0.1, -0.05) is 136 Å². The zero-order chi connectivity index (χ0) is 22.2. The molecule has 0 aliphatic heterocycles. The summed E-state index contributed by atoms with van der Waals surface area (Å²) in [6.07, 6.45) is 27.5. The fourth-order valence-corrected chi connectivity index (χ4v) is 3.91. The third kappa shape index (κ3) is 21.1. The quantitative estimate of drug-likeness (QED) is 0.117. The molecule has 0 aliphatic rings. The second kappa shape index (κ2) is 23.5. The molecule has 0 rings (SSSR count). The van der Waals surface area contributed by atoms with E-state index in [1.54, 1.807) is 0 Å². The van der Waals surface area contributed by atoms with Crippen LogP contribution in [-0.4, -0.2) is 19.1 Å². The van der Waals surface area contributed by atoms with Gasteiger partial charge in [0.1, 0.15) is 0 Å². The maximum absolute atomic E-state index is 6.29. The lowest BCUT2D eigenvalue weighted by atomic mass is 10.1. The fraction of sp³-hybridized carbons (Fsp3) is 1.00. The molecule has 0 radical (unpaired) electrons. The van der Waals surface area contributed by atoms with E-state index in [1.165, 1.54) is 116 Å². The Balaban J connectivity index is 3.45. The highest BCUT2D eigenvalue weighted by Crippen LogP contribution is 2.16. The minimum Gasteiger partial charge on any atom is -0.338 e. The first-order valence-electron chi connectivity index (χ1n) is 13.7. The zero-order valence-electron chi connectivity index (χ0n) is 21.2. The van der Waals surface area contributed by atoms with Crippen molar-refractivity contribution in [3.8, 4) is 0 Å². The van der Waals surface area contributed by atoms with E-state index in [1.807, 2.05) is 0 Å². The molecule has 0 fully saturated rings. The molecule has 0 atom stereocenters. The van der Waals surface area contributed by atoms with Gasteiger partial charge in [0.25, 0.3) is 0 Å². The van der Waals surface area contributed by atoms with Gasteiger partial charge in [-0.25, -0.2) is 0 Å². The maximum Gasteiger partial charge on any atom is 0.224 e. The number of rotatable bonds is 25. The molecule has 0 aromatic rings. The predicted octanol–water partition coefficient (Wildman–Crippen LogP) is 8.88. The van der Waals surface area contributed by atoms with Crippen molar-refractivity contribution in [1.82, 2.24) is 0 Å². The molecule has 0 bridgehead atoms. The van der Waals surface area contributed by atoms with Crippen LogP contribution in [0.1, 0.15) is 156 Å². The number of ether oxygens (including phenoxy) is 2. The summed E-state index contributed by atoms with van der Waals surface area (Å²) < 4.78 is 11.8. The summed E-state index contributed by atoms with van der Waals surface area (Å²) in [4.78, 5) is 0. The average molecular weight is 428 g/mol. The lowest BCUT2D eigenvalue weighted by molar-refractivity contribution is -0.236. The lowest BCUT2D eigenvalue weighted by Crippen LogP contribution is -2.45. The summed E-state index contributed by atoms with van der Waals surface area (Å²) in [5.41, 5.74) is 6.29. The molecule has 0 unspecified atom stereocenters. The van der Waals surface area contributed by atoms with E-state index in [2.05, 4.69) is 20.8 Å². The Hall–Kier alpha value is -0.120. The minimum atomic E-state index is -0.876. The highest BCUT2D eigenvalue weighted by Gasteiger charge is 2.23. The molecular weight excluding hydrogens is 370 g/mol.